The molecule has 114 valence electrons. The fourth-order valence-electron chi connectivity index (χ4n) is 2.33. The highest BCUT2D eigenvalue weighted by Crippen LogP contribution is 2.22. The molecule has 2 rings (SSSR count). The molecule has 0 radical (unpaired) electrons. The molecule has 1 N–H and O–H groups in total. The largest absolute Gasteiger partial charge is 0.318 e. The van der Waals surface area contributed by atoms with E-state index in [1.807, 2.05) is 21.1 Å². The molecule has 0 aromatic carbocycles. The SMILES string of the molecule is CNCCn1cc(S(=O)(=O)N2CCC(N(C)C)C2)cn1. The Labute approximate surface area is 120 Å². The van der Waals surface area contributed by atoms with E-state index < -0.39 is 10.0 Å². The first kappa shape index (κ1) is 15.4. The van der Waals surface area contributed by atoms with Crippen LogP contribution in [0.15, 0.2) is 17.3 Å². The molecule has 7 nitrogen and oxygen atoms in total. The van der Waals surface area contributed by atoms with Gasteiger partial charge in [-0.15, -0.1) is 0 Å². The summed E-state index contributed by atoms with van der Waals surface area (Å²) in [6.45, 7) is 2.55. The first-order chi connectivity index (χ1) is 9.45. The van der Waals surface area contributed by atoms with Gasteiger partial charge in [-0.2, -0.15) is 9.40 Å². The van der Waals surface area contributed by atoms with Crippen LogP contribution in [0.25, 0.3) is 0 Å². The van der Waals surface area contributed by atoms with Crippen molar-refractivity contribution < 1.29 is 8.42 Å². The Balaban J connectivity index is 2.09. The van der Waals surface area contributed by atoms with Crippen molar-refractivity contribution in [2.24, 2.45) is 0 Å². The van der Waals surface area contributed by atoms with Crippen LogP contribution in [-0.4, -0.2) is 74.2 Å². The van der Waals surface area contributed by atoms with Crippen molar-refractivity contribution in [3.8, 4) is 0 Å². The Hall–Kier alpha value is -0.960. The molecule has 1 unspecified atom stereocenters. The van der Waals surface area contributed by atoms with Crippen LogP contribution in [0.3, 0.4) is 0 Å². The molecule has 8 heteroatoms. The first-order valence-corrected chi connectivity index (χ1v) is 8.23. The Morgan fingerprint density at radius 2 is 2.25 bits per heavy atom. The average molecular weight is 301 g/mol. The van der Waals surface area contributed by atoms with Crippen molar-refractivity contribution in [3.05, 3.63) is 12.4 Å². The topological polar surface area (TPSA) is 70.5 Å². The zero-order valence-electron chi connectivity index (χ0n) is 12.3. The van der Waals surface area contributed by atoms with Crippen molar-refractivity contribution in [2.75, 3.05) is 40.8 Å². The summed E-state index contributed by atoms with van der Waals surface area (Å²) in [6, 6.07) is 0.295. The van der Waals surface area contributed by atoms with Crippen LogP contribution < -0.4 is 5.32 Å². The number of rotatable bonds is 6. The number of nitrogens with zero attached hydrogens (tertiary/aromatic N) is 4. The summed E-state index contributed by atoms with van der Waals surface area (Å²) < 4.78 is 28.3. The lowest BCUT2D eigenvalue weighted by Gasteiger charge is -2.19. The molecule has 1 aliphatic rings. The van der Waals surface area contributed by atoms with Gasteiger partial charge < -0.3 is 10.2 Å². The zero-order valence-corrected chi connectivity index (χ0v) is 13.1. The Kier molecular flexibility index (Phi) is 4.79. The van der Waals surface area contributed by atoms with Gasteiger partial charge in [0.15, 0.2) is 0 Å². The third kappa shape index (κ3) is 3.20. The minimum absolute atomic E-state index is 0.285. The summed E-state index contributed by atoms with van der Waals surface area (Å²) in [6.07, 6.45) is 3.92. The number of hydrogen-bond acceptors (Lipinski definition) is 5. The molecule has 1 aromatic heterocycles. The van der Waals surface area contributed by atoms with Crippen LogP contribution >= 0.6 is 0 Å². The number of nitrogens with one attached hydrogen (secondary N) is 1. The molecule has 1 atom stereocenters. The van der Waals surface area contributed by atoms with Crippen molar-refractivity contribution in [3.63, 3.8) is 0 Å². The van der Waals surface area contributed by atoms with Crippen LogP contribution in [0, 0.1) is 0 Å². The zero-order chi connectivity index (χ0) is 14.8. The maximum atomic E-state index is 12.5. The van der Waals surface area contributed by atoms with Crippen molar-refractivity contribution in [1.29, 1.82) is 0 Å². The van der Waals surface area contributed by atoms with Crippen LogP contribution in [0.5, 0.6) is 0 Å². The van der Waals surface area contributed by atoms with Gasteiger partial charge in [0, 0.05) is 31.9 Å². The number of sulfonamides is 1. The van der Waals surface area contributed by atoms with E-state index in [4.69, 9.17) is 0 Å². The van der Waals surface area contributed by atoms with E-state index in [1.54, 1.807) is 15.2 Å². The Morgan fingerprint density at radius 1 is 1.50 bits per heavy atom. The molecule has 1 fully saturated rings. The monoisotopic (exact) mass is 301 g/mol. The molecule has 0 saturated carbocycles. The summed E-state index contributed by atoms with van der Waals surface area (Å²) >= 11 is 0. The Bertz CT molecular complexity index is 540. The maximum absolute atomic E-state index is 12.5. The third-order valence-corrected chi connectivity index (χ3v) is 5.51. The summed E-state index contributed by atoms with van der Waals surface area (Å²) in [7, 11) is 2.41. The lowest BCUT2D eigenvalue weighted by atomic mass is 10.2. The summed E-state index contributed by atoms with van der Waals surface area (Å²) in [5.41, 5.74) is 0. The van der Waals surface area contributed by atoms with Crippen LogP contribution in [0.4, 0.5) is 0 Å². The van der Waals surface area contributed by atoms with Gasteiger partial charge in [0.05, 0.1) is 12.7 Å². The van der Waals surface area contributed by atoms with Gasteiger partial charge in [-0.05, 0) is 27.6 Å². The quantitative estimate of drug-likeness (QED) is 0.762. The highest BCUT2D eigenvalue weighted by atomic mass is 32.2. The van der Waals surface area contributed by atoms with E-state index in [9.17, 15) is 8.42 Å². The highest BCUT2D eigenvalue weighted by molar-refractivity contribution is 7.89. The standard InChI is InChI=1S/C12H23N5O2S/c1-13-5-7-16-10-12(8-14-16)20(18,19)17-6-4-11(9-17)15(2)3/h8,10-11,13H,4-7,9H2,1-3H3. The van der Waals surface area contributed by atoms with Gasteiger partial charge >= 0.3 is 0 Å². The summed E-state index contributed by atoms with van der Waals surface area (Å²) in [5, 5.41) is 7.12. The summed E-state index contributed by atoms with van der Waals surface area (Å²) in [5.74, 6) is 0. The fourth-order valence-corrected chi connectivity index (χ4v) is 3.77. The van der Waals surface area contributed by atoms with Gasteiger partial charge in [-0.1, -0.05) is 0 Å². The van der Waals surface area contributed by atoms with E-state index in [0.717, 1.165) is 13.0 Å². The molecule has 1 aromatic rings. The number of aromatic nitrogens is 2. The summed E-state index contributed by atoms with van der Waals surface area (Å²) in [4.78, 5) is 2.36. The van der Waals surface area contributed by atoms with Crippen LogP contribution in [0.2, 0.25) is 0 Å². The Morgan fingerprint density at radius 3 is 2.85 bits per heavy atom. The van der Waals surface area contributed by atoms with Gasteiger partial charge in [0.25, 0.3) is 0 Å². The van der Waals surface area contributed by atoms with Gasteiger partial charge in [-0.3, -0.25) is 4.68 Å². The van der Waals surface area contributed by atoms with E-state index in [-0.39, 0.29) is 4.90 Å². The third-order valence-electron chi connectivity index (χ3n) is 3.69. The second-order valence-corrected chi connectivity index (χ2v) is 7.25. The van der Waals surface area contributed by atoms with Gasteiger partial charge in [0.1, 0.15) is 4.90 Å². The second-order valence-electron chi connectivity index (χ2n) is 5.31. The minimum atomic E-state index is -3.41. The smallest absolute Gasteiger partial charge is 0.246 e. The predicted octanol–water partition coefficient (Wildman–Crippen LogP) is -0.573. The minimum Gasteiger partial charge on any atom is -0.318 e. The molecule has 2 heterocycles. The number of hydrogen-bond donors (Lipinski definition) is 1. The highest BCUT2D eigenvalue weighted by Gasteiger charge is 2.34. The van der Waals surface area contributed by atoms with E-state index in [0.29, 0.717) is 25.7 Å². The molecule has 0 bridgehead atoms. The molecular weight excluding hydrogens is 278 g/mol. The molecular formula is C12H23N5O2S. The van der Waals surface area contributed by atoms with Crippen molar-refractivity contribution in [1.82, 2.24) is 24.3 Å². The number of likely N-dealkylation sites (N-methyl/N-ethyl adjacent to an activating group) is 2. The van der Waals surface area contributed by atoms with Crippen molar-refractivity contribution >= 4 is 10.0 Å². The molecule has 0 spiro atoms. The average Bonchev–Trinajstić information content (AvgIpc) is 3.05. The molecule has 1 saturated heterocycles. The van der Waals surface area contributed by atoms with Crippen LogP contribution in [0.1, 0.15) is 6.42 Å². The van der Waals surface area contributed by atoms with Gasteiger partial charge in [0.2, 0.25) is 10.0 Å². The normalized spacial score (nSPS) is 20.9. The maximum Gasteiger partial charge on any atom is 0.246 e. The van der Waals surface area contributed by atoms with E-state index in [1.165, 1.54) is 6.20 Å². The second kappa shape index (κ2) is 6.21. The first-order valence-electron chi connectivity index (χ1n) is 6.79. The molecule has 0 aliphatic carbocycles. The molecule has 1 aliphatic heterocycles. The van der Waals surface area contributed by atoms with E-state index >= 15 is 0 Å². The lowest BCUT2D eigenvalue weighted by Crippen LogP contribution is -2.34. The fraction of sp³-hybridized carbons (Fsp3) is 0.750. The van der Waals surface area contributed by atoms with E-state index in [2.05, 4.69) is 15.3 Å². The molecule has 0 amide bonds. The molecule has 20 heavy (non-hydrogen) atoms. The van der Waals surface area contributed by atoms with Crippen LogP contribution in [-0.2, 0) is 16.6 Å². The van der Waals surface area contributed by atoms with Gasteiger partial charge in [-0.25, -0.2) is 8.42 Å². The lowest BCUT2D eigenvalue weighted by molar-refractivity contribution is 0.302. The predicted molar refractivity (Wildman–Crippen MR) is 77.0 cm³/mol. The van der Waals surface area contributed by atoms with Crippen molar-refractivity contribution in [2.45, 2.75) is 23.9 Å².